The fraction of sp³-hybridized carbons (Fsp3) is 0.158. The van der Waals surface area contributed by atoms with Gasteiger partial charge in [0.25, 0.3) is 0 Å². The molecule has 29 heavy (non-hydrogen) atoms. The Labute approximate surface area is 170 Å². The van der Waals surface area contributed by atoms with E-state index < -0.39 is 11.8 Å². The smallest absolute Gasteiger partial charge is 0.337 e. The van der Waals surface area contributed by atoms with Crippen LogP contribution < -0.4 is 10.6 Å². The van der Waals surface area contributed by atoms with Gasteiger partial charge < -0.3 is 20.5 Å². The van der Waals surface area contributed by atoms with Crippen molar-refractivity contribution in [3.63, 3.8) is 0 Å². The Kier molecular flexibility index (Phi) is 6.53. The summed E-state index contributed by atoms with van der Waals surface area (Å²) in [5.41, 5.74) is 1.68. The molecule has 0 aliphatic carbocycles. The molecule has 150 valence electrons. The van der Waals surface area contributed by atoms with Crippen LogP contribution in [0.15, 0.2) is 42.9 Å². The summed E-state index contributed by atoms with van der Waals surface area (Å²) < 4.78 is 18.4. The van der Waals surface area contributed by atoms with Gasteiger partial charge in [0.1, 0.15) is 11.6 Å². The number of anilines is 3. The third-order valence-corrected chi connectivity index (χ3v) is 4.15. The van der Waals surface area contributed by atoms with E-state index in [-0.39, 0.29) is 16.5 Å². The number of carboxylic acids is 1. The van der Waals surface area contributed by atoms with Gasteiger partial charge in [-0.05, 0) is 24.3 Å². The minimum Gasteiger partial charge on any atom is -0.478 e. The van der Waals surface area contributed by atoms with Crippen LogP contribution in [0.2, 0.25) is 5.02 Å². The second-order valence-electron chi connectivity index (χ2n) is 5.90. The van der Waals surface area contributed by atoms with Gasteiger partial charge in [0.2, 0.25) is 5.95 Å². The summed E-state index contributed by atoms with van der Waals surface area (Å²) >= 11 is 5.80. The van der Waals surface area contributed by atoms with Crippen LogP contribution in [0.3, 0.4) is 0 Å². The fourth-order valence-electron chi connectivity index (χ4n) is 2.47. The third kappa shape index (κ3) is 5.15. The van der Waals surface area contributed by atoms with Gasteiger partial charge in [-0.3, -0.25) is 4.98 Å². The van der Waals surface area contributed by atoms with Crippen LogP contribution in [0.5, 0.6) is 0 Å². The van der Waals surface area contributed by atoms with E-state index in [1.54, 1.807) is 7.11 Å². The van der Waals surface area contributed by atoms with Crippen molar-refractivity contribution in [2.45, 2.75) is 0 Å². The molecule has 10 heteroatoms. The molecule has 3 aromatic rings. The van der Waals surface area contributed by atoms with Crippen LogP contribution in [0.4, 0.5) is 21.8 Å². The topological polar surface area (TPSA) is 109 Å². The summed E-state index contributed by atoms with van der Waals surface area (Å²) in [5.74, 6) is -0.905. The summed E-state index contributed by atoms with van der Waals surface area (Å²) in [6.45, 7) is 0.904. The number of carboxylic acid groups (broad SMARTS) is 1. The molecule has 0 unspecified atom stereocenters. The summed E-state index contributed by atoms with van der Waals surface area (Å²) in [7, 11) is 1.58. The molecule has 1 aromatic carbocycles. The van der Waals surface area contributed by atoms with E-state index in [1.807, 2.05) is 0 Å². The first-order valence-electron chi connectivity index (χ1n) is 8.48. The van der Waals surface area contributed by atoms with Crippen LogP contribution in [0, 0.1) is 5.82 Å². The molecule has 0 amide bonds. The highest BCUT2D eigenvalue weighted by molar-refractivity contribution is 6.31. The molecule has 8 nitrogen and oxygen atoms in total. The number of hydrogen-bond donors (Lipinski definition) is 3. The number of nitrogens with zero attached hydrogens (tertiary/aromatic N) is 3. The van der Waals surface area contributed by atoms with Crippen LogP contribution >= 0.6 is 11.6 Å². The minimum atomic E-state index is -1.08. The van der Waals surface area contributed by atoms with Crippen molar-refractivity contribution in [3.05, 3.63) is 59.3 Å². The Morgan fingerprint density at radius 2 is 2.10 bits per heavy atom. The summed E-state index contributed by atoms with van der Waals surface area (Å²) in [6.07, 6.45) is 4.33. The number of benzene rings is 1. The number of carbonyl (C=O) groups is 1. The molecule has 0 fully saturated rings. The molecule has 0 aliphatic heterocycles. The molecule has 0 saturated carbocycles. The maximum Gasteiger partial charge on any atom is 0.337 e. The second-order valence-corrected chi connectivity index (χ2v) is 6.30. The first-order chi connectivity index (χ1) is 14.0. The monoisotopic (exact) mass is 417 g/mol. The van der Waals surface area contributed by atoms with Gasteiger partial charge >= 0.3 is 5.97 Å². The highest BCUT2D eigenvalue weighted by Crippen LogP contribution is 2.28. The highest BCUT2D eigenvalue weighted by atomic mass is 35.5. The van der Waals surface area contributed by atoms with Crippen molar-refractivity contribution in [2.24, 2.45) is 0 Å². The summed E-state index contributed by atoms with van der Waals surface area (Å²) in [6, 6.07) is 5.66. The average Bonchev–Trinajstić information content (AvgIpc) is 2.71. The van der Waals surface area contributed by atoms with Gasteiger partial charge in [0, 0.05) is 49.1 Å². The first-order valence-corrected chi connectivity index (χ1v) is 8.86. The normalized spacial score (nSPS) is 10.6. The first kappa shape index (κ1) is 20.4. The minimum absolute atomic E-state index is 0.0263. The molecule has 2 heterocycles. The lowest BCUT2D eigenvalue weighted by Gasteiger charge is -2.13. The van der Waals surface area contributed by atoms with E-state index in [2.05, 4.69) is 25.6 Å². The number of aromatic carboxylic acids is 1. The molecule has 2 aromatic heterocycles. The molecule has 0 atom stereocenters. The number of halogens is 2. The lowest BCUT2D eigenvalue weighted by atomic mass is 10.1. The van der Waals surface area contributed by atoms with Crippen LogP contribution in [-0.4, -0.2) is 46.3 Å². The largest absolute Gasteiger partial charge is 0.478 e. The number of rotatable bonds is 8. The van der Waals surface area contributed by atoms with E-state index >= 15 is 0 Å². The molecule has 3 N–H and O–H groups in total. The lowest BCUT2D eigenvalue weighted by Crippen LogP contribution is -2.11. The fourth-order valence-corrected chi connectivity index (χ4v) is 2.65. The number of hydrogen-bond acceptors (Lipinski definition) is 7. The van der Waals surface area contributed by atoms with Crippen molar-refractivity contribution in [1.82, 2.24) is 15.0 Å². The second kappa shape index (κ2) is 9.26. The predicted molar refractivity (Wildman–Crippen MR) is 107 cm³/mol. The zero-order valence-corrected chi connectivity index (χ0v) is 16.1. The van der Waals surface area contributed by atoms with E-state index in [9.17, 15) is 14.3 Å². The molecule has 0 spiro atoms. The average molecular weight is 418 g/mol. The maximum absolute atomic E-state index is 13.3. The molecular formula is C19H17ClFN5O3. The maximum atomic E-state index is 13.3. The van der Waals surface area contributed by atoms with E-state index in [0.29, 0.717) is 35.8 Å². The van der Waals surface area contributed by atoms with Gasteiger partial charge in [-0.15, -0.1) is 0 Å². The molecule has 0 aliphatic rings. The molecule has 0 saturated heterocycles. The SMILES string of the molecule is COCCNc1nc(Nc2ccc(F)c(Cl)c2)ncc1-c1cncc(C(=O)O)c1. The summed E-state index contributed by atoms with van der Waals surface area (Å²) in [5, 5.41) is 15.3. The quantitative estimate of drug-likeness (QED) is 0.474. The van der Waals surface area contributed by atoms with E-state index in [4.69, 9.17) is 16.3 Å². The summed E-state index contributed by atoms with van der Waals surface area (Å²) in [4.78, 5) is 23.9. The standard InChI is InChI=1S/C19H17ClFN5O3/c1-29-5-4-23-17-14(11-6-12(18(27)28)9-22-8-11)10-24-19(26-17)25-13-2-3-16(21)15(20)7-13/h2-3,6-10H,4-5H2,1H3,(H,27,28)(H2,23,24,25,26). The Balaban J connectivity index is 1.95. The van der Waals surface area contributed by atoms with Gasteiger partial charge in [0.05, 0.1) is 17.2 Å². The zero-order valence-electron chi connectivity index (χ0n) is 15.3. The Hall–Kier alpha value is -3.30. The zero-order chi connectivity index (χ0) is 20.8. The van der Waals surface area contributed by atoms with Crippen LogP contribution in [-0.2, 0) is 4.74 Å². The number of nitrogens with one attached hydrogen (secondary N) is 2. The number of pyridine rings is 1. The predicted octanol–water partition coefficient (Wildman–Crippen LogP) is 3.83. The van der Waals surface area contributed by atoms with E-state index in [1.165, 1.54) is 42.9 Å². The van der Waals surface area contributed by atoms with Gasteiger partial charge in [0.15, 0.2) is 0 Å². The van der Waals surface area contributed by atoms with Crippen molar-refractivity contribution in [1.29, 1.82) is 0 Å². The van der Waals surface area contributed by atoms with Gasteiger partial charge in [-0.25, -0.2) is 14.2 Å². The van der Waals surface area contributed by atoms with Crippen LogP contribution in [0.1, 0.15) is 10.4 Å². The molecule has 0 radical (unpaired) electrons. The lowest BCUT2D eigenvalue weighted by molar-refractivity contribution is 0.0696. The molecular weight excluding hydrogens is 401 g/mol. The third-order valence-electron chi connectivity index (χ3n) is 3.86. The Morgan fingerprint density at radius 1 is 1.28 bits per heavy atom. The Morgan fingerprint density at radius 3 is 2.83 bits per heavy atom. The number of aromatic nitrogens is 3. The van der Waals surface area contributed by atoms with Crippen molar-refractivity contribution in [2.75, 3.05) is 30.9 Å². The van der Waals surface area contributed by atoms with E-state index in [0.717, 1.165) is 0 Å². The number of methoxy groups -OCH3 is 1. The molecule has 3 rings (SSSR count). The Bertz CT molecular complexity index is 1030. The van der Waals surface area contributed by atoms with Crippen molar-refractivity contribution >= 4 is 35.0 Å². The van der Waals surface area contributed by atoms with Crippen molar-refractivity contribution in [3.8, 4) is 11.1 Å². The van der Waals surface area contributed by atoms with Crippen LogP contribution in [0.25, 0.3) is 11.1 Å². The van der Waals surface area contributed by atoms with Crippen molar-refractivity contribution < 1.29 is 19.0 Å². The number of ether oxygens (including phenoxy) is 1. The highest BCUT2D eigenvalue weighted by Gasteiger charge is 2.13. The van der Waals surface area contributed by atoms with Gasteiger partial charge in [-0.1, -0.05) is 11.6 Å². The van der Waals surface area contributed by atoms with Gasteiger partial charge in [-0.2, -0.15) is 4.98 Å². The molecule has 0 bridgehead atoms.